The van der Waals surface area contributed by atoms with E-state index in [9.17, 15) is 4.79 Å². The number of rotatable bonds is 3. The van der Waals surface area contributed by atoms with E-state index in [0.717, 1.165) is 16.8 Å². The van der Waals surface area contributed by atoms with Crippen LogP contribution in [0.25, 0.3) is 11.1 Å². The van der Waals surface area contributed by atoms with E-state index in [2.05, 4.69) is 47.7 Å². The van der Waals surface area contributed by atoms with Gasteiger partial charge in [0.1, 0.15) is 0 Å². The normalized spacial score (nSPS) is 9.78. The topological polar surface area (TPSA) is 42.0 Å². The number of pyridine rings is 1. The summed E-state index contributed by atoms with van der Waals surface area (Å²) >= 11 is 0. The molecule has 1 aromatic heterocycles. The van der Waals surface area contributed by atoms with Crippen molar-refractivity contribution in [3.8, 4) is 11.1 Å². The van der Waals surface area contributed by atoms with E-state index in [1.807, 2.05) is 24.3 Å². The van der Waals surface area contributed by atoms with Crippen LogP contribution in [-0.2, 0) is 32.7 Å². The Morgan fingerprint density at radius 3 is 2.43 bits per heavy atom. The summed E-state index contributed by atoms with van der Waals surface area (Å²) in [4.78, 5) is 16.1. The van der Waals surface area contributed by atoms with Gasteiger partial charge in [-0.15, -0.1) is 12.1 Å². The second-order valence-electron chi connectivity index (χ2n) is 5.03. The minimum Gasteiger partial charge on any atom is -0.362 e. The van der Waals surface area contributed by atoms with Gasteiger partial charge in [-0.3, -0.25) is 0 Å². The van der Waals surface area contributed by atoms with Gasteiger partial charge in [-0.25, -0.2) is 0 Å². The summed E-state index contributed by atoms with van der Waals surface area (Å²) in [6, 6.07) is 19.4. The molecule has 0 saturated heterocycles. The molecule has 0 bridgehead atoms. The summed E-state index contributed by atoms with van der Waals surface area (Å²) in [5.41, 5.74) is 4.45. The quantitative estimate of drug-likeness (QED) is 0.700. The van der Waals surface area contributed by atoms with Crippen LogP contribution in [0.15, 0.2) is 66.9 Å². The van der Waals surface area contributed by atoms with Gasteiger partial charge in [-0.1, -0.05) is 59.8 Å². The molecule has 2 aromatic carbocycles. The van der Waals surface area contributed by atoms with E-state index in [0.29, 0.717) is 5.56 Å². The first-order valence-corrected chi connectivity index (χ1v) is 7.04. The summed E-state index contributed by atoms with van der Waals surface area (Å²) in [7, 11) is 0. The number of para-hydroxylation sites is 1. The molecule has 111 valence electrons. The Hall–Kier alpha value is -1.84. The molecule has 1 amide bonds. The first-order valence-electron chi connectivity index (χ1n) is 7.04. The Labute approximate surface area is 161 Å². The number of carbonyl (C=O) groups excluding carboxylic acids is 1. The zero-order chi connectivity index (χ0) is 15.4. The zero-order valence-corrected chi connectivity index (χ0v) is 15.6. The second-order valence-corrected chi connectivity index (χ2v) is 5.03. The van der Waals surface area contributed by atoms with Crippen LogP contribution in [0.1, 0.15) is 15.9 Å². The molecule has 0 unspecified atom stereocenters. The predicted molar refractivity (Wildman–Crippen MR) is 87.6 cm³/mol. The maximum atomic E-state index is 12.3. The molecule has 23 heavy (non-hydrogen) atoms. The molecule has 0 atom stereocenters. The van der Waals surface area contributed by atoms with Crippen molar-refractivity contribution in [2.45, 2.75) is 6.92 Å². The van der Waals surface area contributed by atoms with Gasteiger partial charge in [0.25, 0.3) is 0 Å². The van der Waals surface area contributed by atoms with Gasteiger partial charge in [-0.05, 0) is 24.8 Å². The fourth-order valence-corrected chi connectivity index (χ4v) is 2.22. The van der Waals surface area contributed by atoms with Crippen molar-refractivity contribution in [2.24, 2.45) is 0 Å². The molecule has 0 aliphatic heterocycles. The Balaban J connectivity index is 0.00000192. The van der Waals surface area contributed by atoms with Crippen molar-refractivity contribution >= 4 is 11.6 Å². The summed E-state index contributed by atoms with van der Waals surface area (Å²) in [5, 5.41) is 2.93. The number of amides is 1. The number of nitrogens with one attached hydrogen (secondary N) is 1. The van der Waals surface area contributed by atoms with Crippen molar-refractivity contribution in [3.63, 3.8) is 0 Å². The number of aryl methyl sites for hydroxylation is 1. The maximum Gasteiger partial charge on any atom is 0.171 e. The average molecular weight is 376 g/mol. The van der Waals surface area contributed by atoms with E-state index < -0.39 is 0 Å². The largest absolute Gasteiger partial charge is 0.362 e. The third-order valence-corrected chi connectivity index (χ3v) is 3.39. The summed E-state index contributed by atoms with van der Waals surface area (Å²) < 4.78 is 0. The first kappa shape index (κ1) is 17.5. The number of hydrogen-bond donors (Lipinski definition) is 1. The first-order chi connectivity index (χ1) is 10.7. The molecule has 0 saturated carbocycles. The van der Waals surface area contributed by atoms with E-state index >= 15 is 0 Å². The number of nitrogens with zero attached hydrogens (tertiary/aromatic N) is 1. The molecule has 4 heteroatoms. The number of hydrogen-bond acceptors (Lipinski definition) is 2. The van der Waals surface area contributed by atoms with Gasteiger partial charge in [0.2, 0.25) is 0 Å². The SMILES string of the molecule is Cc1ccc(-c2ccccc2NC(=O)c2[c-]nccc2)cc1.[Y]. The van der Waals surface area contributed by atoms with Crippen LogP contribution in [0, 0.1) is 13.1 Å². The molecule has 1 heterocycles. The van der Waals surface area contributed by atoms with Crippen molar-refractivity contribution in [2.75, 3.05) is 5.32 Å². The molecular formula is C19H15N2OY-. The number of carbonyl (C=O) groups is 1. The minimum absolute atomic E-state index is 0. The third kappa shape index (κ3) is 4.34. The molecule has 0 spiro atoms. The summed E-state index contributed by atoms with van der Waals surface area (Å²) in [6.45, 7) is 2.05. The number of anilines is 1. The monoisotopic (exact) mass is 376 g/mol. The van der Waals surface area contributed by atoms with Crippen LogP contribution in [0.4, 0.5) is 5.69 Å². The summed E-state index contributed by atoms with van der Waals surface area (Å²) in [5.74, 6) is -0.215. The Morgan fingerprint density at radius 1 is 1.00 bits per heavy atom. The van der Waals surface area contributed by atoms with Crippen LogP contribution in [0.3, 0.4) is 0 Å². The van der Waals surface area contributed by atoms with Crippen LogP contribution in [0.5, 0.6) is 0 Å². The van der Waals surface area contributed by atoms with Crippen molar-refractivity contribution in [3.05, 3.63) is 84.2 Å². The number of aromatic nitrogens is 1. The van der Waals surface area contributed by atoms with Crippen molar-refractivity contribution in [1.82, 2.24) is 4.98 Å². The third-order valence-electron chi connectivity index (χ3n) is 3.39. The molecule has 1 radical (unpaired) electrons. The minimum atomic E-state index is -0.215. The van der Waals surface area contributed by atoms with Gasteiger partial charge >= 0.3 is 0 Å². The predicted octanol–water partition coefficient (Wildman–Crippen LogP) is 4.11. The Bertz CT molecular complexity index is 786. The fourth-order valence-electron chi connectivity index (χ4n) is 2.22. The second kappa shape index (κ2) is 8.14. The molecule has 3 nitrogen and oxygen atoms in total. The molecule has 0 fully saturated rings. The Kier molecular flexibility index (Phi) is 6.20. The van der Waals surface area contributed by atoms with E-state index in [-0.39, 0.29) is 38.6 Å². The standard InChI is InChI=1S/C19H15N2O.Y/c1-14-8-10-15(11-9-14)17-6-2-3-7-18(17)21-19(22)16-5-4-12-20-13-16;/h2-12H,1H3,(H,21,22);/q-1;. The van der Waals surface area contributed by atoms with E-state index in [1.165, 1.54) is 5.56 Å². The number of benzene rings is 2. The van der Waals surface area contributed by atoms with Gasteiger partial charge in [0.05, 0.1) is 0 Å². The van der Waals surface area contributed by atoms with Crippen LogP contribution >= 0.6 is 0 Å². The van der Waals surface area contributed by atoms with Gasteiger partial charge < -0.3 is 15.1 Å². The van der Waals surface area contributed by atoms with Gasteiger partial charge in [-0.2, -0.15) is 0 Å². The Morgan fingerprint density at radius 2 is 1.74 bits per heavy atom. The molecular weight excluding hydrogens is 361 g/mol. The molecule has 3 aromatic rings. The summed E-state index contributed by atoms with van der Waals surface area (Å²) in [6.07, 6.45) is 4.29. The molecule has 0 aliphatic carbocycles. The molecule has 1 N–H and O–H groups in total. The van der Waals surface area contributed by atoms with E-state index in [1.54, 1.807) is 18.3 Å². The zero-order valence-electron chi connectivity index (χ0n) is 12.8. The van der Waals surface area contributed by atoms with Crippen LogP contribution < -0.4 is 5.32 Å². The maximum absolute atomic E-state index is 12.3. The van der Waals surface area contributed by atoms with Crippen molar-refractivity contribution < 1.29 is 37.5 Å². The van der Waals surface area contributed by atoms with E-state index in [4.69, 9.17) is 0 Å². The van der Waals surface area contributed by atoms with Gasteiger partial charge in [0, 0.05) is 44.0 Å². The fraction of sp³-hybridized carbons (Fsp3) is 0.0526. The molecule has 3 rings (SSSR count). The van der Waals surface area contributed by atoms with Crippen LogP contribution in [0.2, 0.25) is 0 Å². The van der Waals surface area contributed by atoms with Gasteiger partial charge in [0.15, 0.2) is 5.91 Å². The van der Waals surface area contributed by atoms with Crippen LogP contribution in [-0.4, -0.2) is 10.9 Å². The van der Waals surface area contributed by atoms with Crippen molar-refractivity contribution in [1.29, 1.82) is 0 Å². The molecule has 0 aliphatic rings. The average Bonchev–Trinajstić information content (AvgIpc) is 2.57. The smallest absolute Gasteiger partial charge is 0.171 e.